The lowest BCUT2D eigenvalue weighted by Gasteiger charge is -2.14. The van der Waals surface area contributed by atoms with Crippen LogP contribution in [0, 0.1) is 17.8 Å². The van der Waals surface area contributed by atoms with Crippen molar-refractivity contribution in [1.82, 2.24) is 15.1 Å². The minimum absolute atomic E-state index is 0.0527. The summed E-state index contributed by atoms with van der Waals surface area (Å²) in [5, 5.41) is 8.52. The molecule has 3 rings (SSSR count). The molecule has 0 aromatic carbocycles. The lowest BCUT2D eigenvalue weighted by molar-refractivity contribution is -0.141. The van der Waals surface area contributed by atoms with E-state index in [9.17, 15) is 9.59 Å². The topological polar surface area (TPSA) is 89.2 Å². The van der Waals surface area contributed by atoms with Crippen LogP contribution in [0.3, 0.4) is 0 Å². The van der Waals surface area contributed by atoms with Crippen LogP contribution in [-0.4, -0.2) is 26.9 Å². The summed E-state index contributed by atoms with van der Waals surface area (Å²) >= 11 is 1.22. The minimum Gasteiger partial charge on any atom is -0.374 e. The highest BCUT2D eigenvalue weighted by molar-refractivity contribution is 7.15. The molecule has 18 heavy (non-hydrogen) atoms. The third kappa shape index (κ3) is 1.69. The number of nitrogens with zero attached hydrogens (tertiary/aromatic N) is 3. The van der Waals surface area contributed by atoms with Crippen LogP contribution in [0.1, 0.15) is 24.8 Å². The highest BCUT2D eigenvalue weighted by atomic mass is 32.1. The van der Waals surface area contributed by atoms with E-state index in [-0.39, 0.29) is 30.2 Å². The van der Waals surface area contributed by atoms with Crippen molar-refractivity contribution in [2.75, 3.05) is 5.73 Å². The monoisotopic (exact) mass is 266 g/mol. The lowest BCUT2D eigenvalue weighted by Crippen LogP contribution is -2.31. The van der Waals surface area contributed by atoms with E-state index in [1.807, 2.05) is 0 Å². The first kappa shape index (κ1) is 11.6. The van der Waals surface area contributed by atoms with Crippen molar-refractivity contribution >= 4 is 28.3 Å². The zero-order valence-corrected chi connectivity index (χ0v) is 10.8. The third-order valence-electron chi connectivity index (χ3n) is 3.74. The Balaban J connectivity index is 1.79. The standard InChI is InChI=1S/C11H14N4O2S/c1-5-2-6-7(3-5)10(17)15(9(6)16)4-8-13-14-11(12)18-8/h5-7H,2-4H2,1H3,(H2,12,14). The molecule has 1 aromatic heterocycles. The number of carbonyl (C=O) groups is 2. The summed E-state index contributed by atoms with van der Waals surface area (Å²) in [7, 11) is 0. The number of aromatic nitrogens is 2. The number of anilines is 1. The van der Waals surface area contributed by atoms with Crippen LogP contribution in [0.5, 0.6) is 0 Å². The van der Waals surface area contributed by atoms with Gasteiger partial charge in [-0.25, -0.2) is 0 Å². The normalized spacial score (nSPS) is 31.2. The van der Waals surface area contributed by atoms with Crippen LogP contribution >= 0.6 is 11.3 Å². The number of amides is 2. The molecular formula is C11H14N4O2S. The van der Waals surface area contributed by atoms with Gasteiger partial charge >= 0.3 is 0 Å². The molecule has 1 saturated heterocycles. The summed E-state index contributed by atoms with van der Waals surface area (Å²) in [5.74, 6) is 0.133. The summed E-state index contributed by atoms with van der Waals surface area (Å²) in [6, 6.07) is 0. The summed E-state index contributed by atoms with van der Waals surface area (Å²) in [6.45, 7) is 2.31. The van der Waals surface area contributed by atoms with Crippen molar-refractivity contribution in [3.8, 4) is 0 Å². The van der Waals surface area contributed by atoms with Gasteiger partial charge in [0.1, 0.15) is 5.01 Å². The molecule has 0 bridgehead atoms. The lowest BCUT2D eigenvalue weighted by atomic mass is 10.00. The number of fused-ring (bicyclic) bond motifs is 1. The van der Waals surface area contributed by atoms with Crippen LogP contribution in [0.4, 0.5) is 5.13 Å². The number of nitrogens with two attached hydrogens (primary N) is 1. The molecule has 0 radical (unpaired) electrons. The fraction of sp³-hybridized carbons (Fsp3) is 0.636. The molecule has 1 aliphatic heterocycles. The Bertz CT molecular complexity index is 491. The van der Waals surface area contributed by atoms with E-state index in [2.05, 4.69) is 17.1 Å². The first-order valence-electron chi connectivity index (χ1n) is 5.99. The van der Waals surface area contributed by atoms with Gasteiger partial charge in [-0.15, -0.1) is 10.2 Å². The fourth-order valence-electron chi connectivity index (χ4n) is 2.97. The van der Waals surface area contributed by atoms with Crippen molar-refractivity contribution < 1.29 is 9.59 Å². The molecular weight excluding hydrogens is 252 g/mol. The molecule has 2 atom stereocenters. The van der Waals surface area contributed by atoms with Gasteiger partial charge in [-0.05, 0) is 18.8 Å². The van der Waals surface area contributed by atoms with E-state index in [0.717, 1.165) is 12.8 Å². The van der Waals surface area contributed by atoms with E-state index in [1.54, 1.807) is 0 Å². The second-order valence-corrected chi connectivity index (χ2v) is 6.18. The zero-order valence-electron chi connectivity index (χ0n) is 10.00. The zero-order chi connectivity index (χ0) is 12.9. The third-order valence-corrected chi connectivity index (χ3v) is 4.48. The van der Waals surface area contributed by atoms with Crippen LogP contribution in [0.25, 0.3) is 0 Å². The van der Waals surface area contributed by atoms with Gasteiger partial charge in [0.25, 0.3) is 0 Å². The summed E-state index contributed by atoms with van der Waals surface area (Å²) < 4.78 is 0. The minimum atomic E-state index is -0.113. The Hall–Kier alpha value is -1.50. The number of rotatable bonds is 2. The van der Waals surface area contributed by atoms with Crippen molar-refractivity contribution in [3.63, 3.8) is 0 Å². The number of nitrogen functional groups attached to an aromatic ring is 1. The molecule has 2 heterocycles. The van der Waals surface area contributed by atoms with Crippen LogP contribution in [0.2, 0.25) is 0 Å². The van der Waals surface area contributed by atoms with Crippen molar-refractivity contribution in [2.24, 2.45) is 17.8 Å². The maximum atomic E-state index is 12.2. The smallest absolute Gasteiger partial charge is 0.233 e. The van der Waals surface area contributed by atoms with Gasteiger partial charge in [-0.1, -0.05) is 18.3 Å². The number of likely N-dealkylation sites (tertiary alicyclic amines) is 1. The Morgan fingerprint density at radius 3 is 2.39 bits per heavy atom. The molecule has 2 unspecified atom stereocenters. The maximum Gasteiger partial charge on any atom is 0.233 e. The SMILES string of the molecule is CC1CC2C(=O)N(Cc3nnc(N)s3)C(=O)C2C1. The summed E-state index contributed by atoms with van der Waals surface area (Å²) in [4.78, 5) is 25.7. The first-order valence-corrected chi connectivity index (χ1v) is 6.81. The van der Waals surface area contributed by atoms with E-state index in [1.165, 1.54) is 16.2 Å². The van der Waals surface area contributed by atoms with Gasteiger partial charge in [-0.2, -0.15) is 0 Å². The average molecular weight is 266 g/mol. The van der Waals surface area contributed by atoms with Crippen LogP contribution < -0.4 is 5.73 Å². The second kappa shape index (κ2) is 4.01. The largest absolute Gasteiger partial charge is 0.374 e. The molecule has 0 spiro atoms. The van der Waals surface area contributed by atoms with Gasteiger partial charge in [-0.3, -0.25) is 14.5 Å². The fourth-order valence-corrected chi connectivity index (χ4v) is 3.57. The number of carbonyl (C=O) groups excluding carboxylic acids is 2. The molecule has 1 aliphatic carbocycles. The number of imide groups is 1. The Kier molecular flexibility index (Phi) is 2.58. The van der Waals surface area contributed by atoms with Gasteiger partial charge < -0.3 is 5.73 Å². The first-order chi connectivity index (χ1) is 8.56. The number of hydrogen-bond acceptors (Lipinski definition) is 6. The summed E-state index contributed by atoms with van der Waals surface area (Å²) in [5.41, 5.74) is 5.49. The molecule has 96 valence electrons. The average Bonchev–Trinajstić information content (AvgIpc) is 2.95. The highest BCUT2D eigenvalue weighted by Gasteiger charge is 2.51. The predicted molar refractivity (Wildman–Crippen MR) is 65.3 cm³/mol. The molecule has 2 N–H and O–H groups in total. The highest BCUT2D eigenvalue weighted by Crippen LogP contribution is 2.43. The van der Waals surface area contributed by atoms with E-state index in [4.69, 9.17) is 5.73 Å². The molecule has 6 nitrogen and oxygen atoms in total. The van der Waals surface area contributed by atoms with Gasteiger partial charge in [0.2, 0.25) is 16.9 Å². The van der Waals surface area contributed by atoms with Gasteiger partial charge in [0.05, 0.1) is 18.4 Å². The molecule has 1 aromatic rings. The van der Waals surface area contributed by atoms with Gasteiger partial charge in [0.15, 0.2) is 0 Å². The predicted octanol–water partition coefficient (Wildman–Crippen LogP) is 0.651. The van der Waals surface area contributed by atoms with E-state index < -0.39 is 0 Å². The van der Waals surface area contributed by atoms with Crippen LogP contribution in [0.15, 0.2) is 0 Å². The molecule has 1 saturated carbocycles. The summed E-state index contributed by atoms with van der Waals surface area (Å²) in [6.07, 6.45) is 1.65. The molecule has 2 aliphatic rings. The Morgan fingerprint density at radius 1 is 1.28 bits per heavy atom. The maximum absolute atomic E-state index is 12.2. The second-order valence-electron chi connectivity index (χ2n) is 5.09. The quantitative estimate of drug-likeness (QED) is 0.794. The van der Waals surface area contributed by atoms with E-state index in [0.29, 0.717) is 16.1 Å². The van der Waals surface area contributed by atoms with Crippen LogP contribution in [-0.2, 0) is 16.1 Å². The van der Waals surface area contributed by atoms with Crippen molar-refractivity contribution in [3.05, 3.63) is 5.01 Å². The van der Waals surface area contributed by atoms with E-state index >= 15 is 0 Å². The molecule has 2 amide bonds. The van der Waals surface area contributed by atoms with Gasteiger partial charge in [0, 0.05) is 0 Å². The van der Waals surface area contributed by atoms with Crippen molar-refractivity contribution in [1.29, 1.82) is 0 Å². The molecule has 2 fully saturated rings. The molecule has 7 heteroatoms. The Labute approximate surface area is 108 Å². The number of hydrogen-bond donors (Lipinski definition) is 1. The Morgan fingerprint density at radius 2 is 1.89 bits per heavy atom. The van der Waals surface area contributed by atoms with Crippen molar-refractivity contribution in [2.45, 2.75) is 26.3 Å².